The Morgan fingerprint density at radius 3 is 1.71 bits per heavy atom. The van der Waals surface area contributed by atoms with Crippen molar-refractivity contribution in [2.24, 2.45) is 0 Å². The van der Waals surface area contributed by atoms with Crippen LogP contribution in [0.2, 0.25) is 6.82 Å². The summed E-state index contributed by atoms with van der Waals surface area (Å²) in [4.78, 5) is 8.36. The molecule has 0 rings (SSSR count). The van der Waals surface area contributed by atoms with Crippen molar-refractivity contribution in [3.63, 3.8) is 0 Å². The van der Waals surface area contributed by atoms with Crippen molar-refractivity contribution in [1.82, 2.24) is 0 Å². The molecule has 0 aromatic heterocycles. The molecule has 0 aliphatic heterocycles. The SMILES string of the molecule is O=[N+]([O-])O.[B]C.[Y]. The van der Waals surface area contributed by atoms with E-state index in [0.29, 0.717) is 0 Å². The molecular formula is CH4BNO3Y. The van der Waals surface area contributed by atoms with Crippen LogP contribution in [-0.4, -0.2) is 18.1 Å². The molecule has 0 aromatic carbocycles. The van der Waals surface area contributed by atoms with Gasteiger partial charge in [0.25, 0.3) is 5.09 Å². The third-order valence-corrected chi connectivity index (χ3v) is 0. The molecule has 7 heavy (non-hydrogen) atoms. The fourth-order valence-electron chi connectivity index (χ4n) is 0. The van der Waals surface area contributed by atoms with Crippen LogP contribution < -0.4 is 0 Å². The molecule has 0 atom stereocenters. The van der Waals surface area contributed by atoms with Gasteiger partial charge < -0.3 is 5.21 Å². The average Bonchev–Trinajstić information content (AvgIpc) is 1.41. The summed E-state index contributed by atoms with van der Waals surface area (Å²) in [5, 5.41) is 13.6. The standard InChI is InChI=1S/CH3B.HNO3.Y/c1-2;2-1(3)4;/h1H3;(H,2,3,4);. The van der Waals surface area contributed by atoms with E-state index < -0.39 is 5.09 Å². The van der Waals surface area contributed by atoms with Crippen LogP contribution in [-0.2, 0) is 32.7 Å². The van der Waals surface area contributed by atoms with E-state index in [1.165, 1.54) is 6.82 Å². The van der Waals surface area contributed by atoms with E-state index in [1.54, 1.807) is 0 Å². The minimum absolute atomic E-state index is 0. The van der Waals surface area contributed by atoms with E-state index in [1.807, 2.05) is 0 Å². The molecule has 0 aliphatic rings. The number of hydrogen-bond donors (Lipinski definition) is 1. The van der Waals surface area contributed by atoms with Crippen LogP contribution in [0, 0.1) is 10.1 Å². The van der Waals surface area contributed by atoms with E-state index in [0.717, 1.165) is 0 Å². The summed E-state index contributed by atoms with van der Waals surface area (Å²) in [6.45, 7) is 1.50. The molecule has 0 saturated carbocycles. The van der Waals surface area contributed by atoms with Gasteiger partial charge in [0, 0.05) is 32.7 Å². The molecular weight excluding hydrogens is 174 g/mol. The summed E-state index contributed by atoms with van der Waals surface area (Å²) in [6, 6.07) is 0. The first-order valence-corrected chi connectivity index (χ1v) is 1.14. The van der Waals surface area contributed by atoms with Crippen LogP contribution in [0.25, 0.3) is 0 Å². The van der Waals surface area contributed by atoms with Crippen LogP contribution in [0.4, 0.5) is 0 Å². The molecule has 0 aromatic rings. The van der Waals surface area contributed by atoms with Gasteiger partial charge in [-0.15, -0.1) is 10.1 Å². The Morgan fingerprint density at radius 2 is 1.71 bits per heavy atom. The first-order chi connectivity index (χ1) is 2.73. The van der Waals surface area contributed by atoms with E-state index in [2.05, 4.69) is 7.85 Å². The maximum absolute atomic E-state index is 8.36. The Bertz CT molecular complexity index is 37.9. The molecule has 1 N–H and O–H groups in total. The smallest absolute Gasteiger partial charge is 0.291 e. The normalized spacial score (nSPS) is 4.14. The Balaban J connectivity index is -0.0000000480. The summed E-state index contributed by atoms with van der Waals surface area (Å²) >= 11 is 0. The first-order valence-electron chi connectivity index (χ1n) is 1.14. The van der Waals surface area contributed by atoms with Crippen LogP contribution in [0.3, 0.4) is 0 Å². The quantitative estimate of drug-likeness (QED) is 0.318. The van der Waals surface area contributed by atoms with Gasteiger partial charge in [-0.25, -0.2) is 0 Å². The van der Waals surface area contributed by atoms with Crippen LogP contribution in [0.15, 0.2) is 0 Å². The van der Waals surface area contributed by atoms with Crippen molar-refractivity contribution in [2.75, 3.05) is 0 Å². The molecule has 6 heteroatoms. The number of hydrogen-bond acceptors (Lipinski definition) is 2. The van der Waals surface area contributed by atoms with Crippen LogP contribution in [0.1, 0.15) is 0 Å². The van der Waals surface area contributed by atoms with Gasteiger partial charge in [-0.3, -0.25) is 0 Å². The number of nitrogens with zero attached hydrogens (tertiary/aromatic N) is 1. The van der Waals surface area contributed by atoms with E-state index >= 15 is 0 Å². The molecule has 0 unspecified atom stereocenters. The van der Waals surface area contributed by atoms with Gasteiger partial charge in [0.2, 0.25) is 0 Å². The molecule has 0 fully saturated rings. The van der Waals surface area contributed by atoms with Gasteiger partial charge in [0.15, 0.2) is 0 Å². The Kier molecular flexibility index (Phi) is 36.2. The monoisotopic (exact) mass is 178 g/mol. The second kappa shape index (κ2) is 16.2. The first kappa shape index (κ1) is 15.7. The molecule has 0 spiro atoms. The number of rotatable bonds is 0. The van der Waals surface area contributed by atoms with Crippen LogP contribution >= 0.6 is 0 Å². The maximum atomic E-state index is 8.36. The Hall–Kier alpha value is 0.369. The van der Waals surface area contributed by atoms with Crippen molar-refractivity contribution < 1.29 is 43.0 Å². The van der Waals surface area contributed by atoms with Crippen molar-refractivity contribution in [2.45, 2.75) is 6.82 Å². The van der Waals surface area contributed by atoms with Gasteiger partial charge >= 0.3 is 0 Å². The van der Waals surface area contributed by atoms with E-state index in [-0.39, 0.29) is 32.7 Å². The molecule has 0 bridgehead atoms. The van der Waals surface area contributed by atoms with Crippen molar-refractivity contribution in [1.29, 1.82) is 0 Å². The van der Waals surface area contributed by atoms with E-state index in [9.17, 15) is 0 Å². The zero-order chi connectivity index (χ0) is 5.58. The van der Waals surface area contributed by atoms with Crippen molar-refractivity contribution in [3.8, 4) is 0 Å². The summed E-state index contributed by atoms with van der Waals surface area (Å²) in [7, 11) is 4.50. The average molecular weight is 178 g/mol. The van der Waals surface area contributed by atoms with Gasteiger partial charge in [-0.1, -0.05) is 6.82 Å². The minimum atomic E-state index is -1.50. The maximum Gasteiger partial charge on any atom is 0.291 e. The third-order valence-electron chi connectivity index (χ3n) is 0. The molecule has 0 heterocycles. The summed E-state index contributed by atoms with van der Waals surface area (Å²) in [5.41, 5.74) is 0. The molecule has 0 amide bonds. The van der Waals surface area contributed by atoms with Gasteiger partial charge in [-0.05, 0) is 0 Å². The molecule has 37 valence electrons. The van der Waals surface area contributed by atoms with Gasteiger partial charge in [0.05, 0.1) is 7.85 Å². The summed E-state index contributed by atoms with van der Waals surface area (Å²) < 4.78 is 0. The summed E-state index contributed by atoms with van der Waals surface area (Å²) in [6.07, 6.45) is 0. The zero-order valence-electron chi connectivity index (χ0n) is 3.87. The fourth-order valence-corrected chi connectivity index (χ4v) is 0. The Labute approximate surface area is 67.7 Å². The predicted octanol–water partition coefficient (Wildman–Crippen LogP) is -0.147. The molecule has 4 nitrogen and oxygen atoms in total. The third kappa shape index (κ3) is 894. The second-order valence-corrected chi connectivity index (χ2v) is 0.238. The molecule has 0 saturated heterocycles. The van der Waals surface area contributed by atoms with Crippen LogP contribution in [0.5, 0.6) is 0 Å². The molecule has 0 aliphatic carbocycles. The van der Waals surface area contributed by atoms with Crippen molar-refractivity contribution in [3.05, 3.63) is 10.1 Å². The zero-order valence-corrected chi connectivity index (χ0v) is 6.70. The van der Waals surface area contributed by atoms with Gasteiger partial charge in [0.1, 0.15) is 0 Å². The van der Waals surface area contributed by atoms with Crippen molar-refractivity contribution >= 4 is 7.85 Å². The summed E-state index contributed by atoms with van der Waals surface area (Å²) in [5.74, 6) is 0. The topological polar surface area (TPSA) is 63.4 Å². The van der Waals surface area contributed by atoms with Gasteiger partial charge in [-0.2, -0.15) is 0 Å². The predicted molar refractivity (Wildman–Crippen MR) is 20.4 cm³/mol. The fraction of sp³-hybridized carbons (Fsp3) is 1.00. The second-order valence-electron chi connectivity index (χ2n) is 0.238. The van der Waals surface area contributed by atoms with E-state index in [4.69, 9.17) is 15.3 Å². The minimum Gasteiger partial charge on any atom is -0.328 e. The largest absolute Gasteiger partial charge is 0.328 e. The Morgan fingerprint density at radius 1 is 1.71 bits per heavy atom. The molecule has 3 radical (unpaired) electrons.